The number of allylic oxidation sites excluding steroid dienone is 2. The zero-order valence-corrected chi connectivity index (χ0v) is 4.53. The maximum absolute atomic E-state index is 11.8. The van der Waals surface area contributed by atoms with Crippen molar-refractivity contribution in [1.82, 2.24) is 0 Å². The minimum absolute atomic E-state index is 0.0243. The molecule has 0 bridgehead atoms. The Bertz CT molecular complexity index is 94.7. The molecule has 0 aliphatic heterocycles. The molecule has 0 aliphatic carbocycles. The third kappa shape index (κ3) is 3.53. The van der Waals surface area contributed by atoms with E-state index in [9.17, 15) is 8.78 Å². The minimum Gasteiger partial charge on any atom is -0.213 e. The summed E-state index contributed by atoms with van der Waals surface area (Å²) >= 11 is 0. The van der Waals surface area contributed by atoms with Crippen LogP contribution in [0.2, 0.25) is 0 Å². The van der Waals surface area contributed by atoms with Crippen LogP contribution in [0.15, 0.2) is 24.8 Å². The number of hydrogen-bond acceptors (Lipinski definition) is 0. The molecular weight excluding hydrogens is 110 g/mol. The van der Waals surface area contributed by atoms with Gasteiger partial charge in [0.05, 0.1) is 0 Å². The molecule has 0 aromatic heterocycles. The molecule has 0 saturated carbocycles. The molecular formula is C6H8F2. The maximum Gasteiger partial charge on any atom is 0.128 e. The zero-order chi connectivity index (χ0) is 6.41. The van der Waals surface area contributed by atoms with Gasteiger partial charge in [0.1, 0.15) is 12.2 Å². The lowest BCUT2D eigenvalue weighted by Gasteiger charge is -1.85. The van der Waals surface area contributed by atoms with Crippen molar-refractivity contribution >= 4 is 0 Å². The van der Waals surface area contributed by atoms with Crippen LogP contribution in [0.25, 0.3) is 0 Å². The van der Waals surface area contributed by atoms with Crippen molar-refractivity contribution in [3.63, 3.8) is 0 Å². The van der Waals surface area contributed by atoms with Gasteiger partial charge in [0.25, 0.3) is 0 Å². The average molecular weight is 118 g/mol. The lowest BCUT2D eigenvalue weighted by atomic mass is 10.3. The fourth-order valence-electron chi connectivity index (χ4n) is 0.295. The molecule has 0 aromatic rings. The molecule has 0 unspecified atom stereocenters. The van der Waals surface area contributed by atoms with Gasteiger partial charge in [-0.25, -0.2) is 8.78 Å². The van der Waals surface area contributed by atoms with Crippen molar-refractivity contribution in [3.8, 4) is 0 Å². The average Bonchev–Trinajstić information content (AvgIpc) is 1.83. The van der Waals surface area contributed by atoms with Gasteiger partial charge < -0.3 is 0 Å². The van der Waals surface area contributed by atoms with Crippen LogP contribution in [0, 0.1) is 0 Å². The molecule has 0 N–H and O–H groups in total. The van der Waals surface area contributed by atoms with Crippen molar-refractivity contribution in [2.75, 3.05) is 0 Å². The highest BCUT2D eigenvalue weighted by Gasteiger charge is 1.89. The molecule has 0 rings (SSSR count). The van der Waals surface area contributed by atoms with Crippen LogP contribution in [0.1, 0.15) is 12.8 Å². The van der Waals surface area contributed by atoms with Crippen LogP contribution in [-0.4, -0.2) is 0 Å². The van der Waals surface area contributed by atoms with Crippen LogP contribution in [0.4, 0.5) is 8.78 Å². The lowest BCUT2D eigenvalue weighted by Crippen LogP contribution is -1.69. The summed E-state index contributed by atoms with van der Waals surface area (Å²) in [6.07, 6.45) is 2.14. The van der Waals surface area contributed by atoms with Crippen LogP contribution < -0.4 is 0 Å². The molecule has 0 heterocycles. The van der Waals surface area contributed by atoms with Crippen molar-refractivity contribution in [2.45, 2.75) is 12.8 Å². The summed E-state index contributed by atoms with van der Waals surface area (Å²) in [7, 11) is 0. The van der Waals surface area contributed by atoms with Crippen LogP contribution in [-0.2, 0) is 0 Å². The fourth-order valence-corrected chi connectivity index (χ4v) is 0.295. The van der Waals surface area contributed by atoms with Crippen molar-refractivity contribution in [1.29, 1.82) is 0 Å². The van der Waals surface area contributed by atoms with Crippen molar-refractivity contribution in [2.24, 2.45) is 0 Å². The van der Waals surface area contributed by atoms with Gasteiger partial charge >= 0.3 is 0 Å². The van der Waals surface area contributed by atoms with E-state index in [2.05, 4.69) is 6.58 Å². The Kier molecular flexibility index (Phi) is 4.13. The van der Waals surface area contributed by atoms with Gasteiger partial charge in [0, 0.05) is 6.42 Å². The number of hydrogen-bond donors (Lipinski definition) is 0. The summed E-state index contributed by atoms with van der Waals surface area (Å²) in [4.78, 5) is 0. The molecule has 46 valence electrons. The standard InChI is InChI=1S/C6H8F2/c1-2-3-4-6(8)5-7/h2,5H,1,3-4H2/b6-5-. The second kappa shape index (κ2) is 4.50. The summed E-state index contributed by atoms with van der Waals surface area (Å²) in [5.41, 5.74) is 0. The Morgan fingerprint density at radius 3 is 2.62 bits per heavy atom. The fraction of sp³-hybridized carbons (Fsp3) is 0.333. The summed E-state index contributed by atoms with van der Waals surface area (Å²) < 4.78 is 22.9. The first-order valence-electron chi connectivity index (χ1n) is 2.37. The van der Waals surface area contributed by atoms with E-state index in [-0.39, 0.29) is 12.8 Å². The topological polar surface area (TPSA) is 0 Å². The second-order valence-corrected chi connectivity index (χ2v) is 1.38. The van der Waals surface area contributed by atoms with Crippen molar-refractivity contribution in [3.05, 3.63) is 24.8 Å². The normalized spacial score (nSPS) is 11.5. The summed E-state index contributed by atoms with van der Waals surface area (Å²) in [5.74, 6) is -0.718. The van der Waals surface area contributed by atoms with E-state index >= 15 is 0 Å². The molecule has 0 nitrogen and oxygen atoms in total. The van der Waals surface area contributed by atoms with E-state index < -0.39 is 5.83 Å². The first-order valence-corrected chi connectivity index (χ1v) is 2.37. The third-order valence-corrected chi connectivity index (χ3v) is 0.706. The highest BCUT2D eigenvalue weighted by atomic mass is 19.2. The zero-order valence-electron chi connectivity index (χ0n) is 4.53. The highest BCUT2D eigenvalue weighted by molar-refractivity contribution is 4.87. The van der Waals surface area contributed by atoms with Crippen LogP contribution in [0.3, 0.4) is 0 Å². The van der Waals surface area contributed by atoms with Gasteiger partial charge in [-0.05, 0) is 6.42 Å². The Morgan fingerprint density at radius 1 is 1.62 bits per heavy atom. The van der Waals surface area contributed by atoms with E-state index in [0.29, 0.717) is 6.42 Å². The quantitative estimate of drug-likeness (QED) is 0.500. The Labute approximate surface area is 47.5 Å². The lowest BCUT2D eigenvalue weighted by molar-refractivity contribution is 0.549. The molecule has 0 fully saturated rings. The molecule has 0 amide bonds. The van der Waals surface area contributed by atoms with Crippen LogP contribution in [0.5, 0.6) is 0 Å². The largest absolute Gasteiger partial charge is 0.213 e. The van der Waals surface area contributed by atoms with Gasteiger partial charge in [0.2, 0.25) is 0 Å². The van der Waals surface area contributed by atoms with Gasteiger partial charge in [-0.2, -0.15) is 0 Å². The second-order valence-electron chi connectivity index (χ2n) is 1.38. The molecule has 0 saturated heterocycles. The number of halogens is 2. The summed E-state index contributed by atoms with van der Waals surface area (Å²) in [6.45, 7) is 3.35. The molecule has 0 aliphatic rings. The SMILES string of the molecule is C=CCC/C(F)=C/F. The monoisotopic (exact) mass is 118 g/mol. The predicted molar refractivity (Wildman–Crippen MR) is 29.7 cm³/mol. The van der Waals surface area contributed by atoms with Gasteiger partial charge in [-0.3, -0.25) is 0 Å². The summed E-state index contributed by atoms with van der Waals surface area (Å²) in [6, 6.07) is 0. The third-order valence-electron chi connectivity index (χ3n) is 0.706. The highest BCUT2D eigenvalue weighted by Crippen LogP contribution is 2.05. The Morgan fingerprint density at radius 2 is 2.25 bits per heavy atom. The van der Waals surface area contributed by atoms with Gasteiger partial charge in [-0.15, -0.1) is 6.58 Å². The smallest absolute Gasteiger partial charge is 0.128 e. The Balaban J connectivity index is 3.24. The molecule has 0 atom stereocenters. The van der Waals surface area contributed by atoms with Gasteiger partial charge in [0.15, 0.2) is 0 Å². The van der Waals surface area contributed by atoms with Crippen molar-refractivity contribution < 1.29 is 8.78 Å². The van der Waals surface area contributed by atoms with E-state index in [1.54, 1.807) is 6.08 Å². The first-order chi connectivity index (χ1) is 3.81. The molecule has 0 aromatic carbocycles. The van der Waals surface area contributed by atoms with E-state index in [1.807, 2.05) is 0 Å². The van der Waals surface area contributed by atoms with Gasteiger partial charge in [-0.1, -0.05) is 6.08 Å². The Hall–Kier alpha value is -0.660. The minimum atomic E-state index is -0.718. The molecule has 0 radical (unpaired) electrons. The molecule has 0 spiro atoms. The van der Waals surface area contributed by atoms with E-state index in [1.165, 1.54) is 0 Å². The maximum atomic E-state index is 11.8. The van der Waals surface area contributed by atoms with Crippen LogP contribution >= 0.6 is 0 Å². The first kappa shape index (κ1) is 7.34. The molecule has 2 heteroatoms. The summed E-state index contributed by atoms with van der Waals surface area (Å²) in [5, 5.41) is 0. The van der Waals surface area contributed by atoms with E-state index in [0.717, 1.165) is 0 Å². The molecule has 8 heavy (non-hydrogen) atoms. The predicted octanol–water partition coefficient (Wildman–Crippen LogP) is 2.73. The number of rotatable bonds is 3. The van der Waals surface area contributed by atoms with E-state index in [4.69, 9.17) is 0 Å².